The number of nitrogens with zero attached hydrogens (tertiary/aromatic N) is 4. The third kappa shape index (κ3) is 5.00. The topological polar surface area (TPSA) is 56.8 Å². The lowest BCUT2D eigenvalue weighted by molar-refractivity contribution is -0.142. The summed E-state index contributed by atoms with van der Waals surface area (Å²) < 4.78 is 0. The standard InChI is InChI=1S/C32H42N4O2/c1-22-12-14-33-23(2)30(22)32(38)36-18-26-16-34(17-27(26)19-36)15-13-29(24-8-4-3-5-9-24)28-20-35(21-28)31(37)25-10-6-7-11-25/h3-5,8-9,12,14,25-29H,6-7,10-11,13,15-21H2,1-2H3. The van der Waals surface area contributed by atoms with E-state index in [2.05, 4.69) is 50.0 Å². The predicted octanol–water partition coefficient (Wildman–Crippen LogP) is 4.52. The Kier molecular flexibility index (Phi) is 7.26. The van der Waals surface area contributed by atoms with E-state index in [0.717, 1.165) is 81.9 Å². The van der Waals surface area contributed by atoms with E-state index in [0.29, 0.717) is 29.6 Å². The second kappa shape index (κ2) is 10.8. The fourth-order valence-electron chi connectivity index (χ4n) is 7.69. The highest BCUT2D eigenvalue weighted by molar-refractivity contribution is 5.96. The van der Waals surface area contributed by atoms with E-state index in [-0.39, 0.29) is 11.8 Å². The van der Waals surface area contributed by atoms with Crippen molar-refractivity contribution in [2.24, 2.45) is 23.7 Å². The molecule has 0 spiro atoms. The number of benzene rings is 1. The molecule has 3 atom stereocenters. The lowest BCUT2D eigenvalue weighted by Gasteiger charge is -2.45. The zero-order valence-electron chi connectivity index (χ0n) is 23.0. The summed E-state index contributed by atoms with van der Waals surface area (Å²) in [4.78, 5) is 37.4. The third-order valence-corrected chi connectivity index (χ3v) is 9.89. The van der Waals surface area contributed by atoms with Crippen LogP contribution in [0.25, 0.3) is 0 Å². The second-order valence-corrected chi connectivity index (χ2v) is 12.4. The summed E-state index contributed by atoms with van der Waals surface area (Å²) in [7, 11) is 0. The van der Waals surface area contributed by atoms with Crippen molar-refractivity contribution in [1.82, 2.24) is 19.7 Å². The number of likely N-dealkylation sites (tertiary alicyclic amines) is 3. The molecule has 4 heterocycles. The first-order valence-corrected chi connectivity index (χ1v) is 14.8. The van der Waals surface area contributed by atoms with E-state index in [1.165, 1.54) is 18.4 Å². The van der Waals surface area contributed by atoms with Crippen LogP contribution in [0.3, 0.4) is 0 Å². The van der Waals surface area contributed by atoms with Gasteiger partial charge in [0, 0.05) is 57.3 Å². The van der Waals surface area contributed by atoms with Gasteiger partial charge in [-0.05, 0) is 74.6 Å². The van der Waals surface area contributed by atoms with Gasteiger partial charge in [-0.25, -0.2) is 0 Å². The Morgan fingerprint density at radius 2 is 1.58 bits per heavy atom. The second-order valence-electron chi connectivity index (χ2n) is 12.4. The van der Waals surface area contributed by atoms with E-state index >= 15 is 0 Å². The molecule has 1 aromatic heterocycles. The van der Waals surface area contributed by atoms with Crippen LogP contribution in [0.5, 0.6) is 0 Å². The molecule has 4 fully saturated rings. The maximum absolute atomic E-state index is 13.3. The Morgan fingerprint density at radius 1 is 0.895 bits per heavy atom. The molecule has 6 nitrogen and oxygen atoms in total. The number of aromatic nitrogens is 1. The number of fused-ring (bicyclic) bond motifs is 1. The summed E-state index contributed by atoms with van der Waals surface area (Å²) in [6, 6.07) is 12.9. The quantitative estimate of drug-likeness (QED) is 0.545. The molecule has 1 saturated carbocycles. The molecule has 1 aliphatic carbocycles. The minimum atomic E-state index is 0.153. The summed E-state index contributed by atoms with van der Waals surface area (Å²) in [6.45, 7) is 10.8. The van der Waals surface area contributed by atoms with Gasteiger partial charge in [-0.3, -0.25) is 14.6 Å². The van der Waals surface area contributed by atoms with Crippen LogP contribution in [0.4, 0.5) is 0 Å². The lowest BCUT2D eigenvalue weighted by Crippen LogP contribution is -2.54. The predicted molar refractivity (Wildman–Crippen MR) is 149 cm³/mol. The van der Waals surface area contributed by atoms with Crippen molar-refractivity contribution in [2.45, 2.75) is 51.9 Å². The number of aryl methyl sites for hydroxylation is 2. The number of hydrogen-bond acceptors (Lipinski definition) is 4. The zero-order valence-corrected chi connectivity index (χ0v) is 23.0. The molecule has 0 N–H and O–H groups in total. The number of pyridine rings is 1. The molecule has 38 heavy (non-hydrogen) atoms. The van der Waals surface area contributed by atoms with E-state index in [9.17, 15) is 9.59 Å². The molecule has 0 bridgehead atoms. The van der Waals surface area contributed by atoms with Gasteiger partial charge in [0.15, 0.2) is 0 Å². The molecule has 1 aromatic carbocycles. The molecular weight excluding hydrogens is 472 g/mol. The van der Waals surface area contributed by atoms with Crippen molar-refractivity contribution in [2.75, 3.05) is 45.8 Å². The van der Waals surface area contributed by atoms with E-state index in [4.69, 9.17) is 0 Å². The monoisotopic (exact) mass is 514 g/mol. The van der Waals surface area contributed by atoms with Crippen LogP contribution in [-0.4, -0.2) is 77.3 Å². The molecule has 6 heteroatoms. The molecule has 3 unspecified atom stereocenters. The average molecular weight is 515 g/mol. The Hall–Kier alpha value is -2.73. The Balaban J connectivity index is 1.03. The summed E-state index contributed by atoms with van der Waals surface area (Å²) in [5.41, 5.74) is 4.06. The van der Waals surface area contributed by atoms with E-state index in [1.807, 2.05) is 19.9 Å². The van der Waals surface area contributed by atoms with Crippen molar-refractivity contribution in [3.8, 4) is 0 Å². The summed E-state index contributed by atoms with van der Waals surface area (Å²) >= 11 is 0. The van der Waals surface area contributed by atoms with Crippen LogP contribution >= 0.6 is 0 Å². The van der Waals surface area contributed by atoms with Gasteiger partial charge in [0.1, 0.15) is 0 Å². The molecule has 6 rings (SSSR count). The third-order valence-electron chi connectivity index (χ3n) is 9.89. The molecule has 2 aromatic rings. The highest BCUT2D eigenvalue weighted by atomic mass is 16.2. The van der Waals surface area contributed by atoms with Gasteiger partial charge in [0.25, 0.3) is 5.91 Å². The maximum atomic E-state index is 13.3. The maximum Gasteiger partial charge on any atom is 0.255 e. The number of carbonyl (C=O) groups is 2. The van der Waals surface area contributed by atoms with Crippen molar-refractivity contribution in [3.05, 3.63) is 65.0 Å². The number of carbonyl (C=O) groups excluding carboxylic acids is 2. The molecule has 0 radical (unpaired) electrons. The Labute approximate surface area is 227 Å². The van der Waals surface area contributed by atoms with Gasteiger partial charge < -0.3 is 14.7 Å². The van der Waals surface area contributed by atoms with E-state index in [1.54, 1.807) is 6.20 Å². The Bertz CT molecular complexity index is 1120. The number of rotatable bonds is 7. The zero-order chi connectivity index (χ0) is 26.2. The molecule has 3 aliphatic heterocycles. The summed E-state index contributed by atoms with van der Waals surface area (Å²) in [5, 5.41) is 0. The van der Waals surface area contributed by atoms with Crippen LogP contribution in [0.1, 0.15) is 65.2 Å². The summed E-state index contributed by atoms with van der Waals surface area (Å²) in [5.74, 6) is 3.04. The number of amides is 2. The highest BCUT2D eigenvalue weighted by Crippen LogP contribution is 2.38. The molecule has 2 amide bonds. The van der Waals surface area contributed by atoms with Crippen molar-refractivity contribution < 1.29 is 9.59 Å². The minimum absolute atomic E-state index is 0.153. The number of hydrogen-bond donors (Lipinski definition) is 0. The van der Waals surface area contributed by atoms with Gasteiger partial charge in [-0.2, -0.15) is 0 Å². The summed E-state index contributed by atoms with van der Waals surface area (Å²) in [6.07, 6.45) is 7.53. The van der Waals surface area contributed by atoms with Crippen LogP contribution in [-0.2, 0) is 4.79 Å². The average Bonchev–Trinajstić information content (AvgIpc) is 3.62. The van der Waals surface area contributed by atoms with E-state index < -0.39 is 0 Å². The van der Waals surface area contributed by atoms with Crippen LogP contribution in [0, 0.1) is 37.5 Å². The van der Waals surface area contributed by atoms with Crippen molar-refractivity contribution in [3.63, 3.8) is 0 Å². The van der Waals surface area contributed by atoms with Gasteiger partial charge in [0.2, 0.25) is 5.91 Å². The van der Waals surface area contributed by atoms with Crippen LogP contribution < -0.4 is 0 Å². The smallest absolute Gasteiger partial charge is 0.255 e. The fourth-order valence-corrected chi connectivity index (χ4v) is 7.69. The molecular formula is C32H42N4O2. The lowest BCUT2D eigenvalue weighted by atomic mass is 9.78. The van der Waals surface area contributed by atoms with Crippen molar-refractivity contribution >= 4 is 11.8 Å². The normalized spacial score (nSPS) is 25.0. The fraction of sp³-hybridized carbons (Fsp3) is 0.594. The first-order valence-electron chi connectivity index (χ1n) is 14.8. The van der Waals surface area contributed by atoms with Gasteiger partial charge in [-0.15, -0.1) is 0 Å². The van der Waals surface area contributed by atoms with Gasteiger partial charge >= 0.3 is 0 Å². The van der Waals surface area contributed by atoms with Crippen LogP contribution in [0.2, 0.25) is 0 Å². The SMILES string of the molecule is Cc1ccnc(C)c1C(=O)N1CC2CN(CCC(c3ccccc3)C3CN(C(=O)C4CCCC4)C3)CC2C1. The van der Waals surface area contributed by atoms with Crippen LogP contribution in [0.15, 0.2) is 42.6 Å². The minimum Gasteiger partial charge on any atom is -0.342 e. The molecule has 3 saturated heterocycles. The Morgan fingerprint density at radius 3 is 2.24 bits per heavy atom. The highest BCUT2D eigenvalue weighted by Gasteiger charge is 2.43. The van der Waals surface area contributed by atoms with Gasteiger partial charge in [0.05, 0.1) is 11.3 Å². The van der Waals surface area contributed by atoms with Gasteiger partial charge in [-0.1, -0.05) is 43.2 Å². The first-order chi connectivity index (χ1) is 18.5. The molecule has 4 aliphatic rings. The van der Waals surface area contributed by atoms with Crippen molar-refractivity contribution in [1.29, 1.82) is 0 Å². The molecule has 202 valence electrons. The first kappa shape index (κ1) is 25.5. The largest absolute Gasteiger partial charge is 0.342 e.